The van der Waals surface area contributed by atoms with Crippen molar-refractivity contribution in [3.63, 3.8) is 0 Å². The lowest BCUT2D eigenvalue weighted by molar-refractivity contribution is 0.0933. The van der Waals surface area contributed by atoms with Gasteiger partial charge in [0.15, 0.2) is 0 Å². The fourth-order valence-corrected chi connectivity index (χ4v) is 3.35. The average molecular weight is 374 g/mol. The van der Waals surface area contributed by atoms with Gasteiger partial charge in [0.2, 0.25) is 5.95 Å². The van der Waals surface area contributed by atoms with Gasteiger partial charge in [0.1, 0.15) is 0 Å². The zero-order valence-corrected chi connectivity index (χ0v) is 15.7. The summed E-state index contributed by atoms with van der Waals surface area (Å²) in [6.45, 7) is 3.52. The fraction of sp³-hybridized carbons (Fsp3) is 0.286. The molecule has 1 aromatic carbocycles. The second-order valence-electron chi connectivity index (χ2n) is 6.94. The molecular weight excluding hydrogens is 352 g/mol. The van der Waals surface area contributed by atoms with Crippen molar-refractivity contribution in [3.8, 4) is 11.3 Å². The summed E-state index contributed by atoms with van der Waals surface area (Å²) in [5.41, 5.74) is 3.25. The molecule has 2 aromatic heterocycles. The van der Waals surface area contributed by atoms with Gasteiger partial charge < -0.3 is 10.2 Å². The Morgan fingerprint density at radius 1 is 1.07 bits per heavy atom. The molecule has 3 aromatic rings. The first kappa shape index (κ1) is 18.0. The van der Waals surface area contributed by atoms with Crippen molar-refractivity contribution in [2.24, 2.45) is 0 Å². The number of aryl methyl sites for hydroxylation is 1. The number of amides is 1. The molecule has 1 N–H and O–H groups in total. The quantitative estimate of drug-likeness (QED) is 0.756. The standard InChI is InChI=1S/C21H22N6O/c1-15-5-10-19(26-25-15)16-6-8-17(9-7-16)20(28)24-18-4-2-13-27(14-18)21-22-11-3-12-23-21/h3,5-12,18H,2,4,13-14H2,1H3,(H,24,28)/t18-/m1/s1. The molecule has 4 rings (SSSR count). The van der Waals surface area contributed by atoms with E-state index in [1.807, 2.05) is 43.3 Å². The van der Waals surface area contributed by atoms with Crippen LogP contribution in [-0.2, 0) is 0 Å². The van der Waals surface area contributed by atoms with Crippen LogP contribution in [0.25, 0.3) is 11.3 Å². The number of rotatable bonds is 4. The van der Waals surface area contributed by atoms with E-state index in [0.717, 1.165) is 36.3 Å². The minimum atomic E-state index is -0.0672. The van der Waals surface area contributed by atoms with Crippen molar-refractivity contribution in [2.45, 2.75) is 25.8 Å². The number of anilines is 1. The molecule has 0 radical (unpaired) electrons. The molecule has 7 nitrogen and oxygen atoms in total. The molecule has 1 saturated heterocycles. The Hall–Kier alpha value is -3.35. The van der Waals surface area contributed by atoms with E-state index in [0.29, 0.717) is 18.1 Å². The van der Waals surface area contributed by atoms with Crippen LogP contribution in [0.15, 0.2) is 54.9 Å². The highest BCUT2D eigenvalue weighted by molar-refractivity contribution is 5.94. The molecule has 1 aliphatic rings. The minimum absolute atomic E-state index is 0.0672. The van der Waals surface area contributed by atoms with Gasteiger partial charge >= 0.3 is 0 Å². The lowest BCUT2D eigenvalue weighted by Gasteiger charge is -2.33. The van der Waals surface area contributed by atoms with Gasteiger partial charge in [-0.05, 0) is 50.1 Å². The molecule has 1 aliphatic heterocycles. The number of hydrogen-bond donors (Lipinski definition) is 1. The fourth-order valence-electron chi connectivity index (χ4n) is 3.35. The van der Waals surface area contributed by atoms with E-state index in [1.54, 1.807) is 18.5 Å². The van der Waals surface area contributed by atoms with Gasteiger partial charge in [-0.15, -0.1) is 0 Å². The molecule has 1 atom stereocenters. The molecule has 0 aliphatic carbocycles. The van der Waals surface area contributed by atoms with Crippen molar-refractivity contribution >= 4 is 11.9 Å². The third-order valence-corrected chi connectivity index (χ3v) is 4.83. The van der Waals surface area contributed by atoms with E-state index in [2.05, 4.69) is 30.4 Å². The van der Waals surface area contributed by atoms with Crippen molar-refractivity contribution in [2.75, 3.05) is 18.0 Å². The molecule has 142 valence electrons. The highest BCUT2D eigenvalue weighted by atomic mass is 16.1. The summed E-state index contributed by atoms with van der Waals surface area (Å²) in [5, 5.41) is 11.4. The van der Waals surface area contributed by atoms with Gasteiger partial charge in [0.25, 0.3) is 5.91 Å². The van der Waals surface area contributed by atoms with Crippen LogP contribution in [0.2, 0.25) is 0 Å². The molecule has 3 heterocycles. The number of carbonyl (C=O) groups is 1. The Morgan fingerprint density at radius 2 is 1.86 bits per heavy atom. The first-order valence-corrected chi connectivity index (χ1v) is 9.42. The summed E-state index contributed by atoms with van der Waals surface area (Å²) >= 11 is 0. The highest BCUT2D eigenvalue weighted by Gasteiger charge is 2.23. The predicted molar refractivity (Wildman–Crippen MR) is 107 cm³/mol. The second kappa shape index (κ2) is 8.12. The Bertz CT molecular complexity index is 927. The van der Waals surface area contributed by atoms with Crippen molar-refractivity contribution in [3.05, 3.63) is 66.1 Å². The number of benzene rings is 1. The Kier molecular flexibility index (Phi) is 5.23. The summed E-state index contributed by atoms with van der Waals surface area (Å²) < 4.78 is 0. The van der Waals surface area contributed by atoms with E-state index < -0.39 is 0 Å². The minimum Gasteiger partial charge on any atom is -0.348 e. The maximum absolute atomic E-state index is 12.7. The van der Waals surface area contributed by atoms with Crippen LogP contribution in [0.3, 0.4) is 0 Å². The first-order chi connectivity index (χ1) is 13.7. The predicted octanol–water partition coefficient (Wildman–Crippen LogP) is 2.64. The number of aromatic nitrogens is 4. The largest absolute Gasteiger partial charge is 0.348 e. The normalized spacial score (nSPS) is 16.6. The Morgan fingerprint density at radius 3 is 2.57 bits per heavy atom. The maximum atomic E-state index is 12.7. The third-order valence-electron chi connectivity index (χ3n) is 4.83. The molecule has 7 heteroatoms. The number of nitrogens with zero attached hydrogens (tertiary/aromatic N) is 5. The van der Waals surface area contributed by atoms with Crippen LogP contribution >= 0.6 is 0 Å². The van der Waals surface area contributed by atoms with Gasteiger partial charge in [0, 0.05) is 42.7 Å². The molecule has 0 spiro atoms. The molecule has 0 saturated carbocycles. The molecule has 0 bridgehead atoms. The van der Waals surface area contributed by atoms with Crippen LogP contribution in [0.5, 0.6) is 0 Å². The van der Waals surface area contributed by atoms with E-state index in [-0.39, 0.29) is 11.9 Å². The molecule has 1 amide bonds. The first-order valence-electron chi connectivity index (χ1n) is 9.42. The average Bonchev–Trinajstić information content (AvgIpc) is 2.75. The van der Waals surface area contributed by atoms with Crippen LogP contribution < -0.4 is 10.2 Å². The Labute approximate surface area is 163 Å². The van der Waals surface area contributed by atoms with Gasteiger partial charge in [-0.3, -0.25) is 4.79 Å². The summed E-state index contributed by atoms with van der Waals surface area (Å²) in [6, 6.07) is 13.2. The van der Waals surface area contributed by atoms with Crippen LogP contribution in [-0.4, -0.2) is 45.2 Å². The summed E-state index contributed by atoms with van der Waals surface area (Å²) in [4.78, 5) is 23.4. The van der Waals surface area contributed by atoms with Crippen LogP contribution in [0.1, 0.15) is 28.9 Å². The third kappa shape index (κ3) is 4.14. The molecular formula is C21H22N6O. The smallest absolute Gasteiger partial charge is 0.251 e. The maximum Gasteiger partial charge on any atom is 0.251 e. The van der Waals surface area contributed by atoms with Gasteiger partial charge in [-0.1, -0.05) is 12.1 Å². The number of nitrogens with one attached hydrogen (secondary N) is 1. The van der Waals surface area contributed by atoms with Crippen molar-refractivity contribution in [1.82, 2.24) is 25.5 Å². The van der Waals surface area contributed by atoms with Crippen LogP contribution in [0.4, 0.5) is 5.95 Å². The molecule has 28 heavy (non-hydrogen) atoms. The molecule has 1 fully saturated rings. The lowest BCUT2D eigenvalue weighted by atomic mass is 10.0. The zero-order valence-electron chi connectivity index (χ0n) is 15.7. The second-order valence-corrected chi connectivity index (χ2v) is 6.94. The van der Waals surface area contributed by atoms with Crippen molar-refractivity contribution in [1.29, 1.82) is 0 Å². The van der Waals surface area contributed by atoms with E-state index >= 15 is 0 Å². The Balaban J connectivity index is 1.40. The van der Waals surface area contributed by atoms with Crippen molar-refractivity contribution < 1.29 is 4.79 Å². The summed E-state index contributed by atoms with van der Waals surface area (Å²) in [7, 11) is 0. The van der Waals surface area contributed by atoms with Gasteiger partial charge in [0.05, 0.1) is 11.4 Å². The zero-order chi connectivity index (χ0) is 19.3. The topological polar surface area (TPSA) is 83.9 Å². The van der Waals surface area contributed by atoms with Crippen LogP contribution in [0, 0.1) is 6.92 Å². The molecule has 0 unspecified atom stereocenters. The summed E-state index contributed by atoms with van der Waals surface area (Å²) in [5.74, 6) is 0.646. The number of piperidine rings is 1. The van der Waals surface area contributed by atoms with E-state index in [4.69, 9.17) is 0 Å². The highest BCUT2D eigenvalue weighted by Crippen LogP contribution is 2.18. The monoisotopic (exact) mass is 374 g/mol. The van der Waals surface area contributed by atoms with E-state index in [1.165, 1.54) is 0 Å². The summed E-state index contributed by atoms with van der Waals surface area (Å²) in [6.07, 6.45) is 5.43. The SMILES string of the molecule is Cc1ccc(-c2ccc(C(=O)N[C@@H]3CCCN(c4ncccn4)C3)cc2)nn1. The number of carbonyl (C=O) groups excluding carboxylic acids is 1. The number of hydrogen-bond acceptors (Lipinski definition) is 6. The van der Waals surface area contributed by atoms with Gasteiger partial charge in [-0.25, -0.2) is 9.97 Å². The lowest BCUT2D eigenvalue weighted by Crippen LogP contribution is -2.48. The van der Waals surface area contributed by atoms with E-state index in [9.17, 15) is 4.79 Å². The van der Waals surface area contributed by atoms with Gasteiger partial charge in [-0.2, -0.15) is 10.2 Å².